The first-order valence-corrected chi connectivity index (χ1v) is 6.21. The monoisotopic (exact) mass is 267 g/mol. The highest BCUT2D eigenvalue weighted by molar-refractivity contribution is 5.45. The summed E-state index contributed by atoms with van der Waals surface area (Å²) in [5.74, 6) is 1.46. The third-order valence-electron chi connectivity index (χ3n) is 3.49. The lowest BCUT2D eigenvalue weighted by atomic mass is 10.0. The zero-order valence-electron chi connectivity index (χ0n) is 11.8. The number of methoxy groups -OCH3 is 2. The average molecular weight is 267 g/mol. The second kappa shape index (κ2) is 5.54. The zero-order valence-corrected chi connectivity index (χ0v) is 11.8. The molecule has 2 aliphatic rings. The summed E-state index contributed by atoms with van der Waals surface area (Å²) in [6.07, 6.45) is 1.83. The van der Waals surface area contributed by atoms with Crippen LogP contribution in [0.3, 0.4) is 0 Å². The van der Waals surface area contributed by atoms with Crippen LogP contribution in [0, 0.1) is 0 Å². The minimum atomic E-state index is -0.0431. The van der Waals surface area contributed by atoms with E-state index in [1.54, 1.807) is 14.2 Å². The van der Waals surface area contributed by atoms with E-state index in [4.69, 9.17) is 9.47 Å². The summed E-state index contributed by atoms with van der Waals surface area (Å²) in [6, 6.07) is -0.0431. The number of ether oxygens (including phenoxy) is 2. The van der Waals surface area contributed by atoms with Gasteiger partial charge in [0.15, 0.2) is 5.88 Å². The fraction of sp³-hybridized carbons (Fsp3) is 0.538. The number of hydrogen-bond acceptors (Lipinski definition) is 6. The van der Waals surface area contributed by atoms with Crippen LogP contribution < -0.4 is 10.7 Å². The molecule has 6 nitrogen and oxygen atoms in total. The maximum atomic E-state index is 9.36. The molecule has 2 aliphatic heterocycles. The van der Waals surface area contributed by atoms with E-state index in [9.17, 15) is 5.11 Å². The lowest BCUT2D eigenvalue weighted by Crippen LogP contribution is -2.37. The Labute approximate surface area is 113 Å². The van der Waals surface area contributed by atoms with Crippen molar-refractivity contribution in [2.24, 2.45) is 0 Å². The van der Waals surface area contributed by atoms with Gasteiger partial charge in [-0.3, -0.25) is 0 Å². The van der Waals surface area contributed by atoms with E-state index in [0.29, 0.717) is 12.4 Å². The van der Waals surface area contributed by atoms with Crippen LogP contribution in [0.4, 0.5) is 0 Å². The van der Waals surface area contributed by atoms with Crippen molar-refractivity contribution in [3.05, 3.63) is 34.6 Å². The molecule has 0 aromatic carbocycles. The van der Waals surface area contributed by atoms with E-state index in [-0.39, 0.29) is 12.6 Å². The van der Waals surface area contributed by atoms with E-state index >= 15 is 0 Å². The van der Waals surface area contributed by atoms with Crippen molar-refractivity contribution in [1.29, 1.82) is 0 Å². The summed E-state index contributed by atoms with van der Waals surface area (Å²) in [7, 11) is 5.20. The van der Waals surface area contributed by atoms with Crippen LogP contribution in [0.15, 0.2) is 34.6 Å². The maximum absolute atomic E-state index is 9.36. The van der Waals surface area contributed by atoms with E-state index in [1.807, 2.05) is 25.1 Å². The molecule has 0 aromatic heterocycles. The summed E-state index contributed by atoms with van der Waals surface area (Å²) >= 11 is 0. The maximum Gasteiger partial charge on any atom is 0.190 e. The molecule has 0 amide bonds. The average Bonchev–Trinajstić information content (AvgIpc) is 2.72. The van der Waals surface area contributed by atoms with Crippen molar-refractivity contribution in [3.63, 3.8) is 0 Å². The summed E-state index contributed by atoms with van der Waals surface area (Å²) in [5.41, 5.74) is 6.41. The van der Waals surface area contributed by atoms with Gasteiger partial charge in [-0.25, -0.2) is 5.43 Å². The van der Waals surface area contributed by atoms with Crippen LogP contribution in [-0.2, 0) is 9.47 Å². The molecule has 0 spiro atoms. The zero-order chi connectivity index (χ0) is 14.0. The van der Waals surface area contributed by atoms with Gasteiger partial charge in [0.2, 0.25) is 0 Å². The molecule has 0 saturated carbocycles. The predicted molar refractivity (Wildman–Crippen MR) is 71.6 cm³/mol. The second-order valence-electron chi connectivity index (χ2n) is 4.57. The highest BCUT2D eigenvalue weighted by atomic mass is 16.5. The molecule has 3 N–H and O–H groups in total. The van der Waals surface area contributed by atoms with Gasteiger partial charge < -0.3 is 24.9 Å². The Hall–Kier alpha value is -1.66. The number of likely N-dealkylation sites (N-methyl/N-ethyl adjacent to an activating group) is 1. The normalized spacial score (nSPS) is 23.5. The molecular formula is C13H21N3O3. The van der Waals surface area contributed by atoms with Crippen molar-refractivity contribution in [3.8, 4) is 0 Å². The van der Waals surface area contributed by atoms with Crippen molar-refractivity contribution in [1.82, 2.24) is 15.8 Å². The Balaban J connectivity index is 2.42. The molecule has 1 unspecified atom stereocenters. The van der Waals surface area contributed by atoms with Crippen molar-refractivity contribution >= 4 is 0 Å². The van der Waals surface area contributed by atoms with Crippen LogP contribution in [0.25, 0.3) is 0 Å². The fourth-order valence-corrected chi connectivity index (χ4v) is 2.48. The fourth-order valence-electron chi connectivity index (χ4n) is 2.48. The number of aliphatic hydroxyl groups excluding tert-OH is 1. The lowest BCUT2D eigenvalue weighted by molar-refractivity contribution is 0.215. The Morgan fingerprint density at radius 2 is 2.16 bits per heavy atom. The lowest BCUT2D eigenvalue weighted by Gasteiger charge is -2.25. The molecule has 0 radical (unpaired) electrons. The van der Waals surface area contributed by atoms with Gasteiger partial charge in [0, 0.05) is 25.2 Å². The van der Waals surface area contributed by atoms with E-state index in [1.165, 1.54) is 0 Å². The molecular weight excluding hydrogens is 246 g/mol. The molecule has 2 rings (SSSR count). The molecule has 0 fully saturated rings. The van der Waals surface area contributed by atoms with Crippen molar-refractivity contribution in [2.75, 3.05) is 34.4 Å². The highest BCUT2D eigenvalue weighted by Crippen LogP contribution is 2.29. The Morgan fingerprint density at radius 3 is 2.68 bits per heavy atom. The van der Waals surface area contributed by atoms with Crippen LogP contribution in [-0.4, -0.2) is 50.6 Å². The molecule has 6 heteroatoms. The SMILES string of the molecule is COC1=CC(OC)=C(C2=C(C)C(CO)NN2C)CN1. The summed E-state index contributed by atoms with van der Waals surface area (Å²) < 4.78 is 10.6. The third-order valence-corrected chi connectivity index (χ3v) is 3.49. The molecule has 1 atom stereocenters. The van der Waals surface area contributed by atoms with Gasteiger partial charge in [-0.1, -0.05) is 0 Å². The molecule has 19 heavy (non-hydrogen) atoms. The number of nitrogens with one attached hydrogen (secondary N) is 2. The first-order valence-electron chi connectivity index (χ1n) is 6.21. The number of rotatable bonds is 4. The topological polar surface area (TPSA) is 66.0 Å². The largest absolute Gasteiger partial charge is 0.496 e. The van der Waals surface area contributed by atoms with Gasteiger partial charge in [-0.05, 0) is 12.5 Å². The van der Waals surface area contributed by atoms with Crippen LogP contribution in [0.5, 0.6) is 0 Å². The summed E-state index contributed by atoms with van der Waals surface area (Å²) in [4.78, 5) is 0. The number of nitrogens with zero attached hydrogens (tertiary/aromatic N) is 1. The molecule has 0 aromatic rings. The van der Waals surface area contributed by atoms with E-state index in [0.717, 1.165) is 22.6 Å². The van der Waals surface area contributed by atoms with Crippen LogP contribution in [0.1, 0.15) is 6.92 Å². The molecule has 106 valence electrons. The van der Waals surface area contributed by atoms with E-state index in [2.05, 4.69) is 10.7 Å². The number of hydrogen-bond donors (Lipinski definition) is 3. The van der Waals surface area contributed by atoms with Crippen LogP contribution in [0.2, 0.25) is 0 Å². The highest BCUT2D eigenvalue weighted by Gasteiger charge is 2.30. The van der Waals surface area contributed by atoms with Gasteiger partial charge >= 0.3 is 0 Å². The molecule has 0 saturated heterocycles. The number of aliphatic hydroxyl groups is 1. The molecule has 2 heterocycles. The minimum Gasteiger partial charge on any atom is -0.496 e. The Kier molecular flexibility index (Phi) is 4.01. The predicted octanol–water partition coefficient (Wildman–Crippen LogP) is 0.0628. The first kappa shape index (κ1) is 13.8. The molecule has 0 aliphatic carbocycles. The Bertz CT molecular complexity index is 454. The third kappa shape index (κ3) is 2.41. The van der Waals surface area contributed by atoms with Crippen molar-refractivity contribution in [2.45, 2.75) is 13.0 Å². The van der Waals surface area contributed by atoms with Gasteiger partial charge in [-0.2, -0.15) is 0 Å². The number of allylic oxidation sites excluding steroid dienone is 1. The number of hydrazine groups is 1. The van der Waals surface area contributed by atoms with Crippen molar-refractivity contribution < 1.29 is 14.6 Å². The Morgan fingerprint density at radius 1 is 1.42 bits per heavy atom. The van der Waals surface area contributed by atoms with Gasteiger partial charge in [0.05, 0.1) is 32.6 Å². The summed E-state index contributed by atoms with van der Waals surface area (Å²) in [6.45, 7) is 2.71. The minimum absolute atomic E-state index is 0.0431. The van der Waals surface area contributed by atoms with E-state index < -0.39 is 0 Å². The van der Waals surface area contributed by atoms with Gasteiger partial charge in [-0.15, -0.1) is 0 Å². The van der Waals surface area contributed by atoms with Crippen LogP contribution >= 0.6 is 0 Å². The molecule has 0 bridgehead atoms. The second-order valence-corrected chi connectivity index (χ2v) is 4.57. The summed E-state index contributed by atoms with van der Waals surface area (Å²) in [5, 5.41) is 14.5. The first-order chi connectivity index (χ1) is 9.12. The standard InChI is InChI=1S/C13H21N3O3/c1-8-10(7-17)15-16(2)13(8)9-6-14-12(19-4)5-11(9)18-3/h5,10,14-15,17H,6-7H2,1-4H3. The van der Waals surface area contributed by atoms with Gasteiger partial charge in [0.1, 0.15) is 5.76 Å². The smallest absolute Gasteiger partial charge is 0.190 e. The van der Waals surface area contributed by atoms with Gasteiger partial charge in [0.25, 0.3) is 0 Å². The quantitative estimate of drug-likeness (QED) is 0.669. The number of dihydropyridines is 1.